The molecule has 2 aromatic rings. The van der Waals surface area contributed by atoms with Crippen molar-refractivity contribution >= 4 is 33.4 Å². The molecule has 0 atom stereocenters. The van der Waals surface area contributed by atoms with E-state index < -0.39 is 11.6 Å². The number of aromatic nitrogens is 1. The third-order valence-electron chi connectivity index (χ3n) is 1.93. The molecule has 0 spiro atoms. The number of halogens is 3. The molecule has 0 saturated carbocycles. The van der Waals surface area contributed by atoms with E-state index in [1.54, 1.807) is 6.07 Å². The lowest BCUT2D eigenvalue weighted by Crippen LogP contribution is -1.90. The lowest BCUT2D eigenvalue weighted by Gasteiger charge is -2.05. The minimum atomic E-state index is -0.611. The summed E-state index contributed by atoms with van der Waals surface area (Å²) in [4.78, 5) is 4.38. The van der Waals surface area contributed by atoms with Crippen molar-refractivity contribution in [2.24, 2.45) is 0 Å². The topological polar surface area (TPSA) is 38.9 Å². The van der Waals surface area contributed by atoms with Crippen LogP contribution in [0.3, 0.4) is 0 Å². The average Bonchev–Trinajstić information content (AvgIpc) is 2.25. The molecule has 88 valence electrons. The maximum absolute atomic E-state index is 13.4. The zero-order chi connectivity index (χ0) is 12.4. The van der Waals surface area contributed by atoms with Gasteiger partial charge < -0.3 is 5.73 Å². The molecule has 0 saturated heterocycles. The van der Waals surface area contributed by atoms with Crippen LogP contribution in [0.15, 0.2) is 44.9 Å². The van der Waals surface area contributed by atoms with Gasteiger partial charge >= 0.3 is 0 Å². The Bertz CT molecular complexity index is 514. The molecule has 0 unspecified atom stereocenters. The number of nitrogen functional groups attached to an aromatic ring is 1. The molecule has 1 heterocycles. The third-order valence-corrected chi connectivity index (χ3v) is 3.87. The summed E-state index contributed by atoms with van der Waals surface area (Å²) >= 11 is 4.39. The molecule has 2 nitrogen and oxygen atoms in total. The van der Waals surface area contributed by atoms with Crippen LogP contribution in [0.1, 0.15) is 0 Å². The number of pyridine rings is 1. The summed E-state index contributed by atoms with van der Waals surface area (Å²) in [6.07, 6.45) is 1.48. The minimum Gasteiger partial charge on any atom is -0.397 e. The number of anilines is 1. The van der Waals surface area contributed by atoms with Gasteiger partial charge in [0.1, 0.15) is 16.7 Å². The van der Waals surface area contributed by atoms with Crippen molar-refractivity contribution in [3.63, 3.8) is 0 Å². The fourth-order valence-corrected chi connectivity index (χ4v) is 2.55. The van der Waals surface area contributed by atoms with Gasteiger partial charge in [-0.25, -0.2) is 13.8 Å². The Morgan fingerprint density at radius 1 is 1.24 bits per heavy atom. The van der Waals surface area contributed by atoms with Gasteiger partial charge in [0.15, 0.2) is 0 Å². The second-order valence-electron chi connectivity index (χ2n) is 3.23. The molecule has 1 aromatic carbocycles. The van der Waals surface area contributed by atoms with Crippen molar-refractivity contribution in [1.29, 1.82) is 0 Å². The second kappa shape index (κ2) is 5.01. The first-order chi connectivity index (χ1) is 8.06. The van der Waals surface area contributed by atoms with Crippen molar-refractivity contribution < 1.29 is 8.78 Å². The second-order valence-corrected chi connectivity index (χ2v) is 5.12. The van der Waals surface area contributed by atoms with E-state index in [-0.39, 0.29) is 0 Å². The summed E-state index contributed by atoms with van der Waals surface area (Å²) in [5.74, 6) is -1.21. The summed E-state index contributed by atoms with van der Waals surface area (Å²) < 4.78 is 26.8. The van der Waals surface area contributed by atoms with Crippen LogP contribution in [-0.4, -0.2) is 4.98 Å². The molecular formula is C11H7BrF2N2S. The molecule has 2 rings (SSSR count). The smallest absolute Gasteiger partial charge is 0.140 e. The Morgan fingerprint density at radius 2 is 2.00 bits per heavy atom. The zero-order valence-electron chi connectivity index (χ0n) is 8.45. The van der Waals surface area contributed by atoms with Gasteiger partial charge in [-0.1, -0.05) is 11.8 Å². The highest BCUT2D eigenvalue weighted by atomic mass is 79.9. The summed E-state index contributed by atoms with van der Waals surface area (Å²) in [6.45, 7) is 0. The highest BCUT2D eigenvalue weighted by molar-refractivity contribution is 9.10. The lowest BCUT2D eigenvalue weighted by molar-refractivity contribution is 0.565. The molecule has 0 amide bonds. The summed E-state index contributed by atoms with van der Waals surface area (Å²) in [7, 11) is 0. The minimum absolute atomic E-state index is 0.310. The molecule has 0 aliphatic carbocycles. The van der Waals surface area contributed by atoms with Crippen LogP contribution in [0.2, 0.25) is 0 Å². The van der Waals surface area contributed by atoms with Gasteiger partial charge in [0.2, 0.25) is 0 Å². The maximum Gasteiger partial charge on any atom is 0.140 e. The number of nitrogens with zero attached hydrogens (tertiary/aromatic N) is 1. The first-order valence-corrected chi connectivity index (χ1v) is 6.21. The Hall–Kier alpha value is -1.14. The van der Waals surface area contributed by atoms with Gasteiger partial charge in [0.25, 0.3) is 0 Å². The Balaban J connectivity index is 2.31. The molecule has 17 heavy (non-hydrogen) atoms. The van der Waals surface area contributed by atoms with E-state index in [0.29, 0.717) is 20.1 Å². The van der Waals surface area contributed by atoms with Crippen molar-refractivity contribution in [3.8, 4) is 0 Å². The molecule has 6 heteroatoms. The Labute approximate surface area is 109 Å². The fraction of sp³-hybridized carbons (Fsp3) is 0. The van der Waals surface area contributed by atoms with Crippen molar-refractivity contribution in [3.05, 3.63) is 46.6 Å². The molecular weight excluding hydrogens is 310 g/mol. The van der Waals surface area contributed by atoms with Gasteiger partial charge in [-0.05, 0) is 34.1 Å². The first kappa shape index (κ1) is 12.3. The number of hydrogen-bond donors (Lipinski definition) is 1. The third kappa shape index (κ3) is 2.95. The number of nitrogens with two attached hydrogens (primary N) is 1. The van der Waals surface area contributed by atoms with Gasteiger partial charge in [0.05, 0.1) is 16.4 Å². The molecule has 0 aliphatic rings. The Kier molecular flexibility index (Phi) is 3.63. The molecule has 0 radical (unpaired) electrons. The Morgan fingerprint density at radius 3 is 2.65 bits per heavy atom. The highest BCUT2D eigenvalue weighted by Gasteiger charge is 2.09. The summed E-state index contributed by atoms with van der Waals surface area (Å²) in [5, 5.41) is 0.574. The zero-order valence-corrected chi connectivity index (χ0v) is 10.9. The highest BCUT2D eigenvalue weighted by Crippen LogP contribution is 2.34. The van der Waals surface area contributed by atoms with E-state index >= 15 is 0 Å². The van der Waals surface area contributed by atoms with Gasteiger partial charge in [-0.3, -0.25) is 0 Å². The predicted octanol–water partition coefficient (Wildman–Crippen LogP) is 3.86. The molecule has 0 aliphatic heterocycles. The molecule has 0 fully saturated rings. The average molecular weight is 317 g/mol. The summed E-state index contributed by atoms with van der Waals surface area (Å²) in [6, 6.07) is 5.10. The molecule has 1 aromatic heterocycles. The van der Waals surface area contributed by atoms with Crippen molar-refractivity contribution in [1.82, 2.24) is 4.98 Å². The van der Waals surface area contributed by atoms with Crippen LogP contribution in [-0.2, 0) is 0 Å². The monoisotopic (exact) mass is 316 g/mol. The van der Waals surface area contributed by atoms with Crippen LogP contribution >= 0.6 is 27.7 Å². The predicted molar refractivity (Wildman–Crippen MR) is 66.8 cm³/mol. The molecule has 2 N–H and O–H groups in total. The van der Waals surface area contributed by atoms with Crippen molar-refractivity contribution in [2.75, 3.05) is 5.73 Å². The van der Waals surface area contributed by atoms with Crippen LogP contribution < -0.4 is 5.73 Å². The van der Waals surface area contributed by atoms with E-state index in [1.807, 2.05) is 0 Å². The molecule has 0 bridgehead atoms. The van der Waals surface area contributed by atoms with Crippen molar-refractivity contribution in [2.45, 2.75) is 9.92 Å². The summed E-state index contributed by atoms with van der Waals surface area (Å²) in [5.41, 5.74) is 6.06. The number of hydrogen-bond acceptors (Lipinski definition) is 3. The lowest BCUT2D eigenvalue weighted by atomic mass is 10.3. The number of rotatable bonds is 2. The van der Waals surface area contributed by atoms with Crippen LogP contribution in [0.4, 0.5) is 14.5 Å². The SMILES string of the molecule is Nc1cnc(Sc2ccc(F)cc2F)c(Br)c1. The van der Waals surface area contributed by atoms with Crippen LogP contribution in [0, 0.1) is 11.6 Å². The fourth-order valence-electron chi connectivity index (χ4n) is 1.18. The largest absolute Gasteiger partial charge is 0.397 e. The van der Waals surface area contributed by atoms with Gasteiger partial charge in [0, 0.05) is 11.0 Å². The standard InChI is InChI=1S/C11H7BrF2N2S/c12-8-4-7(15)5-16-11(8)17-10-2-1-6(13)3-9(10)14/h1-5H,15H2. The van der Waals surface area contributed by atoms with Crippen LogP contribution in [0.5, 0.6) is 0 Å². The normalized spacial score (nSPS) is 10.5. The first-order valence-electron chi connectivity index (χ1n) is 4.60. The maximum atomic E-state index is 13.4. The quantitative estimate of drug-likeness (QED) is 0.914. The van der Waals surface area contributed by atoms with E-state index in [9.17, 15) is 8.78 Å². The van der Waals surface area contributed by atoms with E-state index in [1.165, 1.54) is 18.3 Å². The van der Waals surface area contributed by atoms with E-state index in [4.69, 9.17) is 5.73 Å². The number of benzene rings is 1. The van der Waals surface area contributed by atoms with Crippen LogP contribution in [0.25, 0.3) is 0 Å². The van der Waals surface area contributed by atoms with Gasteiger partial charge in [-0.15, -0.1) is 0 Å². The van der Waals surface area contributed by atoms with E-state index in [0.717, 1.165) is 17.8 Å². The van der Waals surface area contributed by atoms with Gasteiger partial charge in [-0.2, -0.15) is 0 Å². The van der Waals surface area contributed by atoms with E-state index in [2.05, 4.69) is 20.9 Å².